The third-order valence-corrected chi connectivity index (χ3v) is 4.97. The number of aromatic nitrogens is 2. The highest BCUT2D eigenvalue weighted by Gasteiger charge is 2.25. The highest BCUT2D eigenvalue weighted by Crippen LogP contribution is 2.34. The molecule has 1 aliphatic heterocycles. The van der Waals surface area contributed by atoms with Crippen LogP contribution in [0.3, 0.4) is 0 Å². The number of carbonyl (C=O) groups excluding carboxylic acids is 1. The minimum Gasteiger partial charge on any atom is -0.490 e. The molecule has 7 heteroatoms. The second kappa shape index (κ2) is 9.58. The summed E-state index contributed by atoms with van der Waals surface area (Å²) in [6.07, 6.45) is 2.55. The van der Waals surface area contributed by atoms with Crippen molar-refractivity contribution in [2.24, 2.45) is 0 Å². The van der Waals surface area contributed by atoms with E-state index >= 15 is 0 Å². The number of unbranched alkanes of at least 4 members (excludes halogenated alkanes) is 1. The quantitative estimate of drug-likeness (QED) is 0.682. The van der Waals surface area contributed by atoms with E-state index < -0.39 is 0 Å². The minimum absolute atomic E-state index is 0.159. The van der Waals surface area contributed by atoms with Gasteiger partial charge in [0, 0.05) is 25.7 Å². The lowest BCUT2D eigenvalue weighted by molar-refractivity contribution is 0.0725. The number of hydrogen-bond donors (Lipinski definition) is 0. The van der Waals surface area contributed by atoms with Crippen molar-refractivity contribution >= 4 is 5.91 Å². The van der Waals surface area contributed by atoms with Crippen molar-refractivity contribution in [1.29, 1.82) is 0 Å². The van der Waals surface area contributed by atoms with Gasteiger partial charge in [0.2, 0.25) is 0 Å². The van der Waals surface area contributed by atoms with Crippen molar-refractivity contribution in [3.63, 3.8) is 0 Å². The van der Waals surface area contributed by atoms with Gasteiger partial charge < -0.3 is 14.4 Å². The van der Waals surface area contributed by atoms with E-state index in [0.717, 1.165) is 30.6 Å². The summed E-state index contributed by atoms with van der Waals surface area (Å²) < 4.78 is 12.8. The molecule has 0 saturated carbocycles. The lowest BCUT2D eigenvalue weighted by Gasteiger charge is -2.29. The smallest absolute Gasteiger partial charge is 0.274 e. The van der Waals surface area contributed by atoms with Crippen molar-refractivity contribution in [3.05, 3.63) is 51.4 Å². The number of carbonyl (C=O) groups is 1. The molecule has 1 aliphatic rings. The summed E-state index contributed by atoms with van der Waals surface area (Å²) >= 11 is 0. The van der Waals surface area contributed by atoms with Gasteiger partial charge in [0.15, 0.2) is 11.5 Å². The molecule has 0 fully saturated rings. The predicted molar refractivity (Wildman–Crippen MR) is 111 cm³/mol. The Balaban J connectivity index is 1.82. The number of ether oxygens (including phenoxy) is 2. The summed E-state index contributed by atoms with van der Waals surface area (Å²) in [5.41, 5.74) is 2.35. The first-order chi connectivity index (χ1) is 14.1. The average molecular weight is 399 g/mol. The largest absolute Gasteiger partial charge is 0.490 e. The van der Waals surface area contributed by atoms with Crippen molar-refractivity contribution in [3.8, 4) is 11.5 Å². The molecule has 0 N–H and O–H groups in total. The van der Waals surface area contributed by atoms with Crippen LogP contribution in [0, 0.1) is 0 Å². The molecule has 0 bridgehead atoms. The normalized spacial score (nSPS) is 13.1. The molecule has 0 atom stereocenters. The van der Waals surface area contributed by atoms with Crippen molar-refractivity contribution in [2.45, 2.75) is 53.1 Å². The van der Waals surface area contributed by atoms with E-state index in [1.54, 1.807) is 4.90 Å². The highest BCUT2D eigenvalue weighted by molar-refractivity contribution is 5.92. The fourth-order valence-electron chi connectivity index (χ4n) is 3.47. The second-order valence-electron chi connectivity index (χ2n) is 7.04. The number of amides is 1. The highest BCUT2D eigenvalue weighted by atomic mass is 16.5. The van der Waals surface area contributed by atoms with Crippen LogP contribution >= 0.6 is 0 Å². The first-order valence-electron chi connectivity index (χ1n) is 10.4. The summed E-state index contributed by atoms with van der Waals surface area (Å²) in [5.74, 6) is 1.29. The fraction of sp³-hybridized carbons (Fsp3) is 0.500. The van der Waals surface area contributed by atoms with E-state index in [9.17, 15) is 9.59 Å². The lowest BCUT2D eigenvalue weighted by Crippen LogP contribution is -2.37. The standard InChI is InChI=1S/C22H29N3O4/c1-4-7-11-25-21(26)9-8-18(23-25)22(27)24-12-10-16-13-19(28-5-2)20(29-6-3)14-17(16)15-24/h8-9,13-14H,4-7,10-12,15H2,1-3H3. The van der Waals surface area contributed by atoms with Crippen LogP contribution in [-0.4, -0.2) is 40.3 Å². The Bertz CT molecular complexity index is 923. The molecule has 29 heavy (non-hydrogen) atoms. The van der Waals surface area contributed by atoms with E-state index in [2.05, 4.69) is 12.0 Å². The Morgan fingerprint density at radius 1 is 1.07 bits per heavy atom. The second-order valence-corrected chi connectivity index (χ2v) is 7.04. The molecule has 2 heterocycles. The van der Waals surface area contributed by atoms with Gasteiger partial charge in [-0.2, -0.15) is 5.10 Å². The average Bonchev–Trinajstić information content (AvgIpc) is 2.73. The zero-order chi connectivity index (χ0) is 20.8. The van der Waals surface area contributed by atoms with Crippen LogP contribution in [0.15, 0.2) is 29.1 Å². The Labute approximate surface area is 171 Å². The molecule has 7 nitrogen and oxygen atoms in total. The SMILES string of the molecule is CCCCn1nc(C(=O)N2CCc3cc(OCC)c(OCC)cc3C2)ccc1=O. The van der Waals surface area contributed by atoms with Crippen molar-refractivity contribution in [1.82, 2.24) is 14.7 Å². The monoisotopic (exact) mass is 399 g/mol. The topological polar surface area (TPSA) is 73.7 Å². The number of hydrogen-bond acceptors (Lipinski definition) is 5. The molecular formula is C22H29N3O4. The molecule has 0 unspecified atom stereocenters. The molecule has 1 amide bonds. The van der Waals surface area contributed by atoms with Crippen LogP contribution in [0.4, 0.5) is 0 Å². The van der Waals surface area contributed by atoms with Gasteiger partial charge in [-0.25, -0.2) is 4.68 Å². The first kappa shape index (κ1) is 20.9. The minimum atomic E-state index is -0.177. The predicted octanol–water partition coefficient (Wildman–Crippen LogP) is 3.04. The Morgan fingerprint density at radius 2 is 1.76 bits per heavy atom. The van der Waals surface area contributed by atoms with Gasteiger partial charge in [0.1, 0.15) is 5.69 Å². The van der Waals surface area contributed by atoms with Crippen LogP contribution in [0.5, 0.6) is 11.5 Å². The molecule has 0 spiro atoms. The Kier molecular flexibility index (Phi) is 6.90. The number of benzene rings is 1. The van der Waals surface area contributed by atoms with Crippen molar-refractivity contribution < 1.29 is 14.3 Å². The zero-order valence-corrected chi connectivity index (χ0v) is 17.4. The van der Waals surface area contributed by atoms with E-state index in [1.807, 2.05) is 26.0 Å². The van der Waals surface area contributed by atoms with Gasteiger partial charge in [-0.15, -0.1) is 0 Å². The maximum atomic E-state index is 13.0. The number of nitrogens with zero attached hydrogens (tertiary/aromatic N) is 3. The van der Waals surface area contributed by atoms with E-state index in [-0.39, 0.29) is 11.5 Å². The van der Waals surface area contributed by atoms with Crippen LogP contribution in [0.25, 0.3) is 0 Å². The maximum Gasteiger partial charge on any atom is 0.274 e. The van der Waals surface area contributed by atoms with Crippen molar-refractivity contribution in [2.75, 3.05) is 19.8 Å². The molecular weight excluding hydrogens is 370 g/mol. The molecule has 0 radical (unpaired) electrons. The number of rotatable bonds is 8. The fourth-order valence-corrected chi connectivity index (χ4v) is 3.47. The van der Waals surface area contributed by atoms with Gasteiger partial charge in [-0.1, -0.05) is 13.3 Å². The Morgan fingerprint density at radius 3 is 2.41 bits per heavy atom. The lowest BCUT2D eigenvalue weighted by atomic mass is 9.98. The molecule has 0 saturated heterocycles. The molecule has 2 aromatic rings. The number of fused-ring (bicyclic) bond motifs is 1. The third-order valence-electron chi connectivity index (χ3n) is 4.97. The number of aryl methyl sites for hydroxylation is 1. The third kappa shape index (κ3) is 4.78. The van der Waals surface area contributed by atoms with Crippen LogP contribution in [-0.2, 0) is 19.5 Å². The summed E-state index contributed by atoms with van der Waals surface area (Å²) in [5, 5.41) is 4.29. The molecule has 1 aromatic carbocycles. The molecule has 156 valence electrons. The van der Waals surface area contributed by atoms with Crippen LogP contribution < -0.4 is 15.0 Å². The van der Waals surface area contributed by atoms with E-state index in [1.165, 1.54) is 22.4 Å². The van der Waals surface area contributed by atoms with Gasteiger partial charge in [0.25, 0.3) is 11.5 Å². The van der Waals surface area contributed by atoms with Gasteiger partial charge in [0.05, 0.1) is 13.2 Å². The summed E-state index contributed by atoms with van der Waals surface area (Å²) in [4.78, 5) is 26.8. The van der Waals surface area contributed by atoms with Gasteiger partial charge in [-0.3, -0.25) is 9.59 Å². The van der Waals surface area contributed by atoms with Gasteiger partial charge >= 0.3 is 0 Å². The zero-order valence-electron chi connectivity index (χ0n) is 17.4. The molecule has 3 rings (SSSR count). The molecule has 1 aromatic heterocycles. The first-order valence-corrected chi connectivity index (χ1v) is 10.4. The summed E-state index contributed by atoms with van der Waals surface area (Å²) in [7, 11) is 0. The van der Waals surface area contributed by atoms with Gasteiger partial charge in [-0.05, 0) is 56.0 Å². The molecule has 0 aliphatic carbocycles. The van der Waals surface area contributed by atoms with Crippen LogP contribution in [0.1, 0.15) is 55.2 Å². The van der Waals surface area contributed by atoms with E-state index in [4.69, 9.17) is 9.47 Å². The summed E-state index contributed by atoms with van der Waals surface area (Å²) in [6.45, 7) is 8.66. The Hall–Kier alpha value is -2.83. The van der Waals surface area contributed by atoms with E-state index in [0.29, 0.717) is 44.3 Å². The maximum absolute atomic E-state index is 13.0. The summed E-state index contributed by atoms with van der Waals surface area (Å²) in [6, 6.07) is 6.94. The van der Waals surface area contributed by atoms with Crippen LogP contribution in [0.2, 0.25) is 0 Å².